The number of fused-ring (bicyclic) bond motifs is 1. The maximum atomic E-state index is 14.8. The minimum absolute atomic E-state index is 0.120. The van der Waals surface area contributed by atoms with Crippen molar-refractivity contribution in [3.8, 4) is 11.1 Å². The van der Waals surface area contributed by atoms with Crippen LogP contribution < -0.4 is 10.2 Å². The second kappa shape index (κ2) is 8.83. The Balaban J connectivity index is 1.56. The number of para-hydroxylation sites is 3. The zero-order valence-corrected chi connectivity index (χ0v) is 18.7. The Kier molecular flexibility index (Phi) is 5.71. The van der Waals surface area contributed by atoms with E-state index >= 15 is 0 Å². The van der Waals surface area contributed by atoms with Crippen LogP contribution in [0, 0.1) is 5.82 Å². The second-order valence-electron chi connectivity index (χ2n) is 8.74. The molecule has 1 aliphatic rings. The summed E-state index contributed by atoms with van der Waals surface area (Å²) in [6.45, 7) is 0.442. The molecule has 5 rings (SSSR count). The standard InChI is InChI=1S/C27H25FN4O2/c28-20-10-3-1-8-18(20)19-9-2-6-13-23(19)32(17-7-14-24(32)27(29)34)26(33)16-15-25-30-21-11-4-5-12-22(21)31-25/h1-6,8-13,24H,7,14-17H2,(H2-,29,30,31,34)/p+1/t24-,32?/m0/s1. The van der Waals surface area contributed by atoms with Gasteiger partial charge >= 0.3 is 5.91 Å². The summed E-state index contributed by atoms with van der Waals surface area (Å²) in [6, 6.07) is 20.7. The van der Waals surface area contributed by atoms with Gasteiger partial charge in [0.05, 0.1) is 24.0 Å². The van der Waals surface area contributed by atoms with Gasteiger partial charge in [0.1, 0.15) is 17.3 Å². The molecule has 7 heteroatoms. The maximum absolute atomic E-state index is 14.8. The highest BCUT2D eigenvalue weighted by molar-refractivity contribution is 5.99. The van der Waals surface area contributed by atoms with Gasteiger partial charge in [-0.1, -0.05) is 42.5 Å². The van der Waals surface area contributed by atoms with E-state index in [9.17, 15) is 14.0 Å². The highest BCUT2D eigenvalue weighted by Crippen LogP contribution is 2.42. The Labute approximate surface area is 196 Å². The second-order valence-corrected chi connectivity index (χ2v) is 8.74. The average molecular weight is 458 g/mol. The molecule has 1 fully saturated rings. The number of H-pyrrole nitrogens is 1. The van der Waals surface area contributed by atoms with Crippen LogP contribution in [-0.4, -0.2) is 34.4 Å². The molecule has 1 saturated heterocycles. The molecule has 1 aliphatic heterocycles. The predicted molar refractivity (Wildman–Crippen MR) is 130 cm³/mol. The molecule has 0 saturated carbocycles. The molecule has 3 aromatic carbocycles. The van der Waals surface area contributed by atoms with E-state index < -0.39 is 11.9 Å². The Morgan fingerprint density at radius 3 is 2.47 bits per heavy atom. The third kappa shape index (κ3) is 3.68. The first kappa shape index (κ1) is 22.0. The number of nitrogens with two attached hydrogens (primary N) is 1. The molecule has 0 radical (unpaired) electrons. The summed E-state index contributed by atoms with van der Waals surface area (Å²) in [7, 11) is 0. The van der Waals surface area contributed by atoms with E-state index in [4.69, 9.17) is 5.73 Å². The molecule has 172 valence electrons. The fourth-order valence-corrected chi connectivity index (χ4v) is 5.27. The van der Waals surface area contributed by atoms with E-state index in [1.165, 1.54) is 6.07 Å². The lowest BCUT2D eigenvalue weighted by Crippen LogP contribution is -2.62. The zero-order chi connectivity index (χ0) is 23.7. The van der Waals surface area contributed by atoms with Gasteiger partial charge in [0, 0.05) is 36.5 Å². The minimum Gasteiger partial charge on any atom is -0.364 e. The monoisotopic (exact) mass is 457 g/mol. The Morgan fingerprint density at radius 1 is 1.00 bits per heavy atom. The van der Waals surface area contributed by atoms with Crippen LogP contribution in [0.2, 0.25) is 0 Å². The van der Waals surface area contributed by atoms with Gasteiger partial charge < -0.3 is 10.7 Å². The van der Waals surface area contributed by atoms with E-state index in [1.807, 2.05) is 42.5 Å². The number of benzene rings is 3. The molecule has 4 aromatic rings. The summed E-state index contributed by atoms with van der Waals surface area (Å²) in [5.74, 6) is -0.300. The van der Waals surface area contributed by atoms with Crippen molar-refractivity contribution in [3.05, 3.63) is 84.4 Å². The molecular weight excluding hydrogens is 431 g/mol. The number of nitrogens with zero attached hydrogens (tertiary/aromatic N) is 2. The number of aryl methyl sites for hydroxylation is 1. The van der Waals surface area contributed by atoms with E-state index in [-0.39, 0.29) is 22.6 Å². The van der Waals surface area contributed by atoms with Gasteiger partial charge in [-0.2, -0.15) is 0 Å². The van der Waals surface area contributed by atoms with Crippen molar-refractivity contribution >= 4 is 28.5 Å². The van der Waals surface area contributed by atoms with E-state index in [0.29, 0.717) is 48.4 Å². The number of aromatic amines is 1. The number of imidazole rings is 1. The fourth-order valence-electron chi connectivity index (χ4n) is 5.27. The molecule has 34 heavy (non-hydrogen) atoms. The molecule has 1 aromatic heterocycles. The largest absolute Gasteiger partial charge is 0.364 e. The number of carbonyl (C=O) groups excluding carboxylic acids is 2. The Hall–Kier alpha value is -3.84. The molecule has 2 amide bonds. The van der Waals surface area contributed by atoms with Gasteiger partial charge in [-0.05, 0) is 24.3 Å². The molecule has 2 atom stereocenters. The highest BCUT2D eigenvalue weighted by Gasteiger charge is 2.53. The van der Waals surface area contributed by atoms with Crippen LogP contribution in [0.3, 0.4) is 0 Å². The number of quaternary nitrogens is 1. The average Bonchev–Trinajstić information content (AvgIpc) is 3.48. The number of rotatable bonds is 6. The lowest BCUT2D eigenvalue weighted by molar-refractivity contribution is -0.136. The summed E-state index contributed by atoms with van der Waals surface area (Å²) in [4.78, 5) is 34.4. The molecule has 0 spiro atoms. The number of carbonyl (C=O) groups is 2. The van der Waals surface area contributed by atoms with Crippen molar-refractivity contribution in [2.75, 3.05) is 6.54 Å². The van der Waals surface area contributed by atoms with Crippen LogP contribution in [0.4, 0.5) is 10.1 Å². The lowest BCUT2D eigenvalue weighted by atomic mass is 9.98. The van der Waals surface area contributed by atoms with Crippen molar-refractivity contribution in [3.63, 3.8) is 0 Å². The topological polar surface area (TPSA) is 88.8 Å². The van der Waals surface area contributed by atoms with Gasteiger partial charge in [-0.3, -0.25) is 4.79 Å². The zero-order valence-electron chi connectivity index (χ0n) is 18.7. The van der Waals surface area contributed by atoms with Crippen LogP contribution in [0.15, 0.2) is 72.8 Å². The third-order valence-corrected chi connectivity index (χ3v) is 6.81. The number of hydrogen-bond donors (Lipinski definition) is 2. The lowest BCUT2D eigenvalue weighted by Gasteiger charge is -2.37. The molecule has 1 unspecified atom stereocenters. The van der Waals surface area contributed by atoms with Gasteiger partial charge in [0.2, 0.25) is 0 Å². The van der Waals surface area contributed by atoms with Crippen LogP contribution >= 0.6 is 0 Å². The van der Waals surface area contributed by atoms with E-state index in [0.717, 1.165) is 11.0 Å². The minimum atomic E-state index is -0.698. The van der Waals surface area contributed by atoms with Crippen molar-refractivity contribution < 1.29 is 14.0 Å². The van der Waals surface area contributed by atoms with E-state index in [1.54, 1.807) is 24.3 Å². The quantitative estimate of drug-likeness (QED) is 0.418. The Bertz CT molecular complexity index is 1350. The number of halogens is 1. The first-order valence-electron chi connectivity index (χ1n) is 11.5. The fraction of sp³-hybridized carbons (Fsp3) is 0.222. The van der Waals surface area contributed by atoms with Gasteiger partial charge in [0.25, 0.3) is 5.91 Å². The summed E-state index contributed by atoms with van der Waals surface area (Å²) in [6.07, 6.45) is 1.77. The predicted octanol–water partition coefficient (Wildman–Crippen LogP) is 4.48. The highest BCUT2D eigenvalue weighted by atomic mass is 19.1. The first-order valence-corrected chi connectivity index (χ1v) is 11.5. The molecule has 0 bridgehead atoms. The first-order chi connectivity index (χ1) is 16.5. The summed E-state index contributed by atoms with van der Waals surface area (Å²) in [5.41, 5.74) is 9.20. The summed E-state index contributed by atoms with van der Waals surface area (Å²) < 4.78 is 14.6. The van der Waals surface area contributed by atoms with Crippen molar-refractivity contribution in [1.82, 2.24) is 14.5 Å². The molecular formula is C27H26FN4O2+. The number of primary amides is 1. The number of amides is 2. The summed E-state index contributed by atoms with van der Waals surface area (Å²) >= 11 is 0. The van der Waals surface area contributed by atoms with E-state index in [2.05, 4.69) is 9.97 Å². The summed E-state index contributed by atoms with van der Waals surface area (Å²) in [5, 5.41) is 0. The van der Waals surface area contributed by atoms with Crippen LogP contribution in [0.25, 0.3) is 22.2 Å². The number of nitrogens with one attached hydrogen (secondary N) is 1. The van der Waals surface area contributed by atoms with Crippen LogP contribution in [0.1, 0.15) is 25.1 Å². The van der Waals surface area contributed by atoms with Gasteiger partial charge in [-0.25, -0.2) is 18.7 Å². The smallest absolute Gasteiger partial charge is 0.319 e. The SMILES string of the molecule is NC(=O)[C@@H]1CCC[N+]1(C(=O)CCc1nc2ccccc2[nH]1)c1ccccc1-c1ccccc1F. The molecule has 2 heterocycles. The van der Waals surface area contributed by atoms with Gasteiger partial charge in [0.15, 0.2) is 6.04 Å². The maximum Gasteiger partial charge on any atom is 0.319 e. The number of hydrogen-bond acceptors (Lipinski definition) is 3. The number of aromatic nitrogens is 2. The molecule has 3 N–H and O–H groups in total. The van der Waals surface area contributed by atoms with Crippen LogP contribution in [0.5, 0.6) is 0 Å². The third-order valence-electron chi connectivity index (χ3n) is 6.81. The van der Waals surface area contributed by atoms with Crippen molar-refractivity contribution in [2.45, 2.75) is 31.7 Å². The van der Waals surface area contributed by atoms with Gasteiger partial charge in [-0.15, -0.1) is 0 Å². The van der Waals surface area contributed by atoms with Crippen molar-refractivity contribution in [2.24, 2.45) is 5.73 Å². The van der Waals surface area contributed by atoms with Crippen LogP contribution in [-0.2, 0) is 16.0 Å². The molecule has 0 aliphatic carbocycles. The Morgan fingerprint density at radius 2 is 1.71 bits per heavy atom. The number of likely N-dealkylation sites (tertiary alicyclic amines) is 1. The molecule has 6 nitrogen and oxygen atoms in total. The van der Waals surface area contributed by atoms with Crippen molar-refractivity contribution in [1.29, 1.82) is 0 Å². The normalized spacial score (nSPS) is 20.0.